The Hall–Kier alpha value is -0.420. The van der Waals surface area contributed by atoms with E-state index >= 15 is 0 Å². The van der Waals surface area contributed by atoms with Crippen LogP contribution in [0.1, 0.15) is 25.6 Å². The van der Waals surface area contributed by atoms with Crippen LogP contribution in [0.5, 0.6) is 0 Å². The van der Waals surface area contributed by atoms with Crippen molar-refractivity contribution in [1.82, 2.24) is 5.32 Å². The smallest absolute Gasteiger partial charge is 0.0707 e. The molecule has 4 heteroatoms. The van der Waals surface area contributed by atoms with E-state index in [9.17, 15) is 0 Å². The van der Waals surface area contributed by atoms with Crippen molar-refractivity contribution in [2.24, 2.45) is 0 Å². The molecule has 0 saturated heterocycles. The summed E-state index contributed by atoms with van der Waals surface area (Å²) in [5, 5.41) is 5.49. The minimum Gasteiger partial charge on any atom is -0.378 e. The molecule has 1 heterocycles. The SMILES string of the molecule is CC(C)(C)OCCOCCNCCc1cccs1. The van der Waals surface area contributed by atoms with Crippen LogP contribution in [0.2, 0.25) is 0 Å². The van der Waals surface area contributed by atoms with Crippen molar-refractivity contribution in [1.29, 1.82) is 0 Å². The first-order valence-electron chi connectivity index (χ1n) is 6.53. The number of rotatable bonds is 9. The average molecular weight is 271 g/mol. The lowest BCUT2D eigenvalue weighted by atomic mass is 10.2. The van der Waals surface area contributed by atoms with Gasteiger partial charge in [0.05, 0.1) is 25.4 Å². The maximum absolute atomic E-state index is 5.56. The van der Waals surface area contributed by atoms with E-state index in [0.717, 1.165) is 26.1 Å². The topological polar surface area (TPSA) is 30.5 Å². The summed E-state index contributed by atoms with van der Waals surface area (Å²) in [4.78, 5) is 1.43. The average Bonchev–Trinajstić information content (AvgIpc) is 2.78. The lowest BCUT2D eigenvalue weighted by Gasteiger charge is -2.19. The highest BCUT2D eigenvalue weighted by Gasteiger charge is 2.08. The summed E-state index contributed by atoms with van der Waals surface area (Å²) >= 11 is 1.81. The quantitative estimate of drug-likeness (QED) is 0.701. The highest BCUT2D eigenvalue weighted by Crippen LogP contribution is 2.08. The van der Waals surface area contributed by atoms with E-state index in [-0.39, 0.29) is 5.60 Å². The molecular weight excluding hydrogens is 246 g/mol. The first-order chi connectivity index (χ1) is 8.58. The van der Waals surface area contributed by atoms with E-state index in [1.807, 2.05) is 11.3 Å². The minimum atomic E-state index is -0.0671. The zero-order valence-electron chi connectivity index (χ0n) is 11.7. The van der Waals surface area contributed by atoms with Gasteiger partial charge in [-0.25, -0.2) is 0 Å². The van der Waals surface area contributed by atoms with Gasteiger partial charge in [-0.2, -0.15) is 0 Å². The molecule has 104 valence electrons. The van der Waals surface area contributed by atoms with E-state index in [4.69, 9.17) is 9.47 Å². The van der Waals surface area contributed by atoms with Gasteiger partial charge in [0.15, 0.2) is 0 Å². The highest BCUT2D eigenvalue weighted by molar-refractivity contribution is 7.09. The summed E-state index contributed by atoms with van der Waals surface area (Å²) in [6, 6.07) is 4.27. The van der Waals surface area contributed by atoms with Crippen molar-refractivity contribution in [2.75, 3.05) is 32.9 Å². The Labute approximate surface area is 114 Å². The molecule has 0 aromatic carbocycles. The molecule has 3 nitrogen and oxygen atoms in total. The summed E-state index contributed by atoms with van der Waals surface area (Å²) in [5.41, 5.74) is -0.0671. The molecule has 0 atom stereocenters. The van der Waals surface area contributed by atoms with Crippen molar-refractivity contribution in [3.05, 3.63) is 22.4 Å². The number of ether oxygens (including phenoxy) is 2. The normalized spacial score (nSPS) is 11.9. The number of hydrogen-bond donors (Lipinski definition) is 1. The number of hydrogen-bond acceptors (Lipinski definition) is 4. The van der Waals surface area contributed by atoms with Crippen LogP contribution in [0.25, 0.3) is 0 Å². The molecule has 0 aliphatic carbocycles. The van der Waals surface area contributed by atoms with E-state index in [1.54, 1.807) is 0 Å². The van der Waals surface area contributed by atoms with Crippen LogP contribution in [0, 0.1) is 0 Å². The summed E-state index contributed by atoms with van der Waals surface area (Å²) in [5.74, 6) is 0. The maximum atomic E-state index is 5.56. The summed E-state index contributed by atoms with van der Waals surface area (Å²) in [6.45, 7) is 10.2. The third-order valence-corrected chi connectivity index (χ3v) is 3.25. The summed E-state index contributed by atoms with van der Waals surface area (Å²) in [6.07, 6.45) is 1.10. The molecule has 1 N–H and O–H groups in total. The molecular formula is C14H25NO2S. The molecule has 0 bridgehead atoms. The highest BCUT2D eigenvalue weighted by atomic mass is 32.1. The molecule has 1 aromatic rings. The van der Waals surface area contributed by atoms with Gasteiger partial charge in [-0.1, -0.05) is 6.07 Å². The van der Waals surface area contributed by atoms with Crippen molar-refractivity contribution in [2.45, 2.75) is 32.8 Å². The van der Waals surface area contributed by atoms with Crippen molar-refractivity contribution >= 4 is 11.3 Å². The number of thiophene rings is 1. The predicted molar refractivity (Wildman–Crippen MR) is 77.4 cm³/mol. The second-order valence-electron chi connectivity index (χ2n) is 5.15. The molecule has 0 amide bonds. The Morgan fingerprint density at radius 3 is 2.67 bits per heavy atom. The van der Waals surface area contributed by atoms with Crippen LogP contribution in [-0.2, 0) is 15.9 Å². The molecule has 0 fully saturated rings. The molecule has 1 aromatic heterocycles. The van der Waals surface area contributed by atoms with Crippen LogP contribution in [0.4, 0.5) is 0 Å². The van der Waals surface area contributed by atoms with Gasteiger partial charge in [0.1, 0.15) is 0 Å². The third kappa shape index (κ3) is 8.64. The third-order valence-electron chi connectivity index (χ3n) is 2.31. The van der Waals surface area contributed by atoms with Crippen LogP contribution in [0.15, 0.2) is 17.5 Å². The molecule has 0 saturated carbocycles. The maximum Gasteiger partial charge on any atom is 0.0707 e. The Bertz CT molecular complexity index is 293. The van der Waals surface area contributed by atoms with Gasteiger partial charge in [-0.15, -0.1) is 11.3 Å². The summed E-state index contributed by atoms with van der Waals surface area (Å²) < 4.78 is 11.0. The van der Waals surface area contributed by atoms with Gasteiger partial charge >= 0.3 is 0 Å². The monoisotopic (exact) mass is 271 g/mol. The van der Waals surface area contributed by atoms with Gasteiger partial charge in [0.2, 0.25) is 0 Å². The second kappa shape index (κ2) is 8.64. The van der Waals surface area contributed by atoms with E-state index in [1.165, 1.54) is 4.88 Å². The largest absolute Gasteiger partial charge is 0.378 e. The lowest BCUT2D eigenvalue weighted by Crippen LogP contribution is -2.24. The fourth-order valence-electron chi connectivity index (χ4n) is 1.44. The van der Waals surface area contributed by atoms with Gasteiger partial charge < -0.3 is 14.8 Å². The van der Waals surface area contributed by atoms with E-state index < -0.39 is 0 Å². The first kappa shape index (κ1) is 15.6. The lowest BCUT2D eigenvalue weighted by molar-refractivity contribution is -0.0343. The molecule has 0 radical (unpaired) electrons. The van der Waals surface area contributed by atoms with Crippen LogP contribution in [-0.4, -0.2) is 38.5 Å². The predicted octanol–water partition coefficient (Wildman–Crippen LogP) is 2.71. The van der Waals surface area contributed by atoms with Gasteiger partial charge in [0, 0.05) is 18.0 Å². The van der Waals surface area contributed by atoms with Crippen LogP contribution in [0.3, 0.4) is 0 Å². The van der Waals surface area contributed by atoms with Gasteiger partial charge in [-0.3, -0.25) is 0 Å². The van der Waals surface area contributed by atoms with E-state index in [0.29, 0.717) is 13.2 Å². The molecule has 1 rings (SSSR count). The summed E-state index contributed by atoms with van der Waals surface area (Å²) in [7, 11) is 0. The molecule has 18 heavy (non-hydrogen) atoms. The standard InChI is InChI=1S/C14H25NO2S/c1-14(2,3)17-11-10-16-9-8-15-7-6-13-5-4-12-18-13/h4-5,12,15H,6-11H2,1-3H3. The fourth-order valence-corrected chi connectivity index (χ4v) is 2.15. The second-order valence-corrected chi connectivity index (χ2v) is 6.18. The number of nitrogens with one attached hydrogen (secondary N) is 1. The molecule has 0 spiro atoms. The van der Waals surface area contributed by atoms with Crippen LogP contribution < -0.4 is 5.32 Å². The molecule has 0 unspecified atom stereocenters. The zero-order chi connectivity index (χ0) is 13.3. The zero-order valence-corrected chi connectivity index (χ0v) is 12.5. The first-order valence-corrected chi connectivity index (χ1v) is 7.41. The Kier molecular flexibility index (Phi) is 7.51. The van der Waals surface area contributed by atoms with E-state index in [2.05, 4.69) is 43.6 Å². The van der Waals surface area contributed by atoms with Crippen molar-refractivity contribution in [3.63, 3.8) is 0 Å². The Balaban J connectivity index is 1.82. The van der Waals surface area contributed by atoms with Crippen LogP contribution >= 0.6 is 11.3 Å². The minimum absolute atomic E-state index is 0.0671. The van der Waals surface area contributed by atoms with Crippen molar-refractivity contribution in [3.8, 4) is 0 Å². The Morgan fingerprint density at radius 1 is 1.17 bits per heavy atom. The van der Waals surface area contributed by atoms with Crippen molar-refractivity contribution < 1.29 is 9.47 Å². The van der Waals surface area contributed by atoms with Gasteiger partial charge in [-0.05, 0) is 38.6 Å². The fraction of sp³-hybridized carbons (Fsp3) is 0.714. The van der Waals surface area contributed by atoms with Gasteiger partial charge in [0.25, 0.3) is 0 Å². The Morgan fingerprint density at radius 2 is 2.00 bits per heavy atom. The molecule has 0 aliphatic heterocycles. The molecule has 0 aliphatic rings.